The molecule has 0 bridgehead atoms. The molecule has 0 fully saturated rings. The molecule has 0 saturated heterocycles. The van der Waals surface area contributed by atoms with Crippen LogP contribution in [-0.2, 0) is 11.0 Å². The summed E-state index contributed by atoms with van der Waals surface area (Å²) in [6, 6.07) is 4.34. The molecule has 0 aliphatic heterocycles. The largest absolute Gasteiger partial charge is 0.346 e. The molecule has 0 amide bonds. The van der Waals surface area contributed by atoms with Crippen molar-refractivity contribution in [3.63, 3.8) is 0 Å². The van der Waals surface area contributed by atoms with Crippen molar-refractivity contribution in [2.75, 3.05) is 0 Å². The second-order valence-electron chi connectivity index (χ2n) is 5.68. The van der Waals surface area contributed by atoms with Gasteiger partial charge in [0.25, 0.3) is 0 Å². The second kappa shape index (κ2) is 2.90. The fourth-order valence-electron chi connectivity index (χ4n) is 1.58. The second-order valence-corrected chi connectivity index (χ2v) is 5.68. The van der Waals surface area contributed by atoms with Gasteiger partial charge in [0.05, 0.1) is 0 Å². The minimum absolute atomic E-state index is 0.187. The third kappa shape index (κ3) is 2.15. The molecule has 1 nitrogen and oxygen atoms in total. The maximum Gasteiger partial charge on any atom is 0.0358 e. The number of rotatable bonds is 0. The monoisotopic (exact) mass is 179 g/mol. The normalized spacial score (nSPS) is 13.4. The van der Waals surface area contributed by atoms with Gasteiger partial charge in [-0.05, 0) is 32.9 Å². The van der Waals surface area contributed by atoms with Crippen molar-refractivity contribution < 1.29 is 0 Å². The summed E-state index contributed by atoms with van der Waals surface area (Å²) in [4.78, 5) is 0. The highest BCUT2D eigenvalue weighted by molar-refractivity contribution is 5.18. The third-order valence-corrected chi connectivity index (χ3v) is 2.24. The molecule has 0 atom stereocenters. The van der Waals surface area contributed by atoms with Crippen LogP contribution in [-0.4, -0.2) is 4.57 Å². The first-order valence-electron chi connectivity index (χ1n) is 4.91. The molecule has 1 heteroatoms. The molecule has 0 unspecified atom stereocenters. The number of aromatic nitrogens is 1. The van der Waals surface area contributed by atoms with E-state index in [4.69, 9.17) is 0 Å². The zero-order valence-corrected chi connectivity index (χ0v) is 9.68. The third-order valence-electron chi connectivity index (χ3n) is 2.24. The van der Waals surface area contributed by atoms with Crippen LogP contribution < -0.4 is 0 Å². The molecule has 1 rings (SSSR count). The van der Waals surface area contributed by atoms with E-state index in [0.29, 0.717) is 0 Å². The summed E-state index contributed by atoms with van der Waals surface area (Å²) in [5, 5.41) is 0. The van der Waals surface area contributed by atoms with Gasteiger partial charge in [0, 0.05) is 22.8 Å². The van der Waals surface area contributed by atoms with Crippen LogP contribution in [0.3, 0.4) is 0 Å². The van der Waals surface area contributed by atoms with E-state index in [2.05, 4.69) is 64.4 Å². The van der Waals surface area contributed by atoms with Gasteiger partial charge in [-0.15, -0.1) is 0 Å². The van der Waals surface area contributed by atoms with E-state index in [-0.39, 0.29) is 11.0 Å². The smallest absolute Gasteiger partial charge is 0.0358 e. The van der Waals surface area contributed by atoms with Gasteiger partial charge in [0.2, 0.25) is 0 Å². The maximum atomic E-state index is 2.35. The predicted octanol–water partition coefficient (Wildman–Crippen LogP) is 3.54. The average molecular weight is 179 g/mol. The molecule has 0 N–H and O–H groups in total. The molecule has 1 aromatic rings. The van der Waals surface area contributed by atoms with E-state index in [1.807, 2.05) is 0 Å². The predicted molar refractivity (Wildman–Crippen MR) is 58.1 cm³/mol. The average Bonchev–Trinajstić information content (AvgIpc) is 2.27. The van der Waals surface area contributed by atoms with E-state index in [9.17, 15) is 0 Å². The van der Waals surface area contributed by atoms with E-state index in [0.717, 1.165) is 0 Å². The summed E-state index contributed by atoms with van der Waals surface area (Å²) >= 11 is 0. The Morgan fingerprint density at radius 1 is 1.00 bits per heavy atom. The highest BCUT2D eigenvalue weighted by atomic mass is 15.0. The maximum absolute atomic E-state index is 2.35. The Morgan fingerprint density at radius 2 is 1.54 bits per heavy atom. The Hall–Kier alpha value is -0.720. The van der Waals surface area contributed by atoms with Crippen LogP contribution in [0.15, 0.2) is 18.3 Å². The first-order valence-corrected chi connectivity index (χ1v) is 4.91. The van der Waals surface area contributed by atoms with Crippen molar-refractivity contribution in [2.45, 2.75) is 52.5 Å². The Balaban J connectivity index is 3.19. The minimum atomic E-state index is 0.187. The Morgan fingerprint density at radius 3 is 1.85 bits per heavy atom. The van der Waals surface area contributed by atoms with Crippen molar-refractivity contribution in [3.05, 3.63) is 24.0 Å². The molecule has 0 saturated carbocycles. The number of nitrogens with zero attached hydrogens (tertiary/aromatic N) is 1. The molecule has 0 aliphatic carbocycles. The van der Waals surface area contributed by atoms with Gasteiger partial charge in [-0.1, -0.05) is 20.8 Å². The van der Waals surface area contributed by atoms with Crippen molar-refractivity contribution in [3.8, 4) is 0 Å². The van der Waals surface area contributed by atoms with Crippen LogP contribution in [0, 0.1) is 0 Å². The van der Waals surface area contributed by atoms with Gasteiger partial charge >= 0.3 is 0 Å². The summed E-state index contributed by atoms with van der Waals surface area (Å²) in [5.41, 5.74) is 1.82. The topological polar surface area (TPSA) is 4.93 Å². The van der Waals surface area contributed by atoms with Crippen LogP contribution in [0.25, 0.3) is 0 Å². The van der Waals surface area contributed by atoms with Crippen LogP contribution in [0.2, 0.25) is 0 Å². The van der Waals surface area contributed by atoms with E-state index >= 15 is 0 Å². The summed E-state index contributed by atoms with van der Waals surface area (Å²) in [5.74, 6) is 0. The van der Waals surface area contributed by atoms with E-state index in [1.54, 1.807) is 0 Å². The van der Waals surface area contributed by atoms with Gasteiger partial charge in [0.1, 0.15) is 0 Å². The number of hydrogen-bond acceptors (Lipinski definition) is 0. The first kappa shape index (κ1) is 10.4. The Kier molecular flexibility index (Phi) is 2.31. The van der Waals surface area contributed by atoms with Crippen molar-refractivity contribution in [1.29, 1.82) is 0 Å². The van der Waals surface area contributed by atoms with Gasteiger partial charge in [-0.25, -0.2) is 0 Å². The fourth-order valence-corrected chi connectivity index (χ4v) is 1.58. The minimum Gasteiger partial charge on any atom is -0.346 e. The molecule has 0 aliphatic rings. The summed E-state index contributed by atoms with van der Waals surface area (Å²) in [6.07, 6.45) is 2.17. The highest BCUT2D eigenvalue weighted by Gasteiger charge is 2.23. The Bertz CT molecular complexity index is 252. The summed E-state index contributed by atoms with van der Waals surface area (Å²) < 4.78 is 2.35. The molecular formula is C12H21N. The number of hydrogen-bond donors (Lipinski definition) is 0. The van der Waals surface area contributed by atoms with Crippen molar-refractivity contribution >= 4 is 0 Å². The molecule has 74 valence electrons. The molecule has 13 heavy (non-hydrogen) atoms. The van der Waals surface area contributed by atoms with Gasteiger partial charge in [0.15, 0.2) is 0 Å². The van der Waals surface area contributed by atoms with Crippen LogP contribution in [0.5, 0.6) is 0 Å². The van der Waals surface area contributed by atoms with Crippen LogP contribution in [0.1, 0.15) is 47.2 Å². The van der Waals surface area contributed by atoms with Gasteiger partial charge in [-0.2, -0.15) is 0 Å². The first-order chi connectivity index (χ1) is 5.73. The SMILES string of the molecule is CC(C)(C)c1cccn1C(C)(C)C. The van der Waals surface area contributed by atoms with Gasteiger partial charge < -0.3 is 4.57 Å². The standard InChI is InChI=1S/C12H21N/c1-11(2,3)10-8-7-9-13(10)12(4,5)6/h7-9H,1-6H3. The Labute approximate surface area is 81.8 Å². The van der Waals surface area contributed by atoms with Crippen LogP contribution in [0.4, 0.5) is 0 Å². The zero-order chi connectivity index (χ0) is 10.3. The molecule has 1 heterocycles. The summed E-state index contributed by atoms with van der Waals surface area (Å²) in [7, 11) is 0. The molecule has 0 spiro atoms. The lowest BCUT2D eigenvalue weighted by molar-refractivity contribution is 0.361. The van der Waals surface area contributed by atoms with Crippen LogP contribution >= 0.6 is 0 Å². The zero-order valence-electron chi connectivity index (χ0n) is 9.68. The molecule has 0 aromatic carbocycles. The molecule has 0 radical (unpaired) electrons. The lowest BCUT2D eigenvalue weighted by Crippen LogP contribution is -2.28. The van der Waals surface area contributed by atoms with E-state index < -0.39 is 0 Å². The fraction of sp³-hybridized carbons (Fsp3) is 0.667. The lowest BCUT2D eigenvalue weighted by Gasteiger charge is -2.30. The van der Waals surface area contributed by atoms with Crippen molar-refractivity contribution in [2.24, 2.45) is 0 Å². The van der Waals surface area contributed by atoms with E-state index in [1.165, 1.54) is 5.69 Å². The van der Waals surface area contributed by atoms with Gasteiger partial charge in [-0.3, -0.25) is 0 Å². The highest BCUT2D eigenvalue weighted by Crippen LogP contribution is 2.27. The lowest BCUT2D eigenvalue weighted by atomic mass is 9.91. The summed E-state index contributed by atoms with van der Waals surface area (Å²) in [6.45, 7) is 13.5. The molecule has 1 aromatic heterocycles. The quantitative estimate of drug-likeness (QED) is 0.574. The molecular weight excluding hydrogens is 158 g/mol. The van der Waals surface area contributed by atoms with Crippen molar-refractivity contribution in [1.82, 2.24) is 4.57 Å².